The highest BCUT2D eigenvalue weighted by atomic mass is 16.3. The molecule has 1 fully saturated rings. The van der Waals surface area contributed by atoms with Crippen molar-refractivity contribution in [2.24, 2.45) is 5.92 Å². The van der Waals surface area contributed by atoms with Crippen molar-refractivity contribution in [2.75, 3.05) is 19.7 Å². The summed E-state index contributed by atoms with van der Waals surface area (Å²) < 4.78 is 0. The lowest BCUT2D eigenvalue weighted by molar-refractivity contribution is -0.118. The number of Topliss-reactive ketones (excluding diaryl/α,β-unsaturated/α-hetero) is 1. The number of carbonyl (C=O) groups is 1. The first-order chi connectivity index (χ1) is 7.19. The third kappa shape index (κ3) is 3.58. The lowest BCUT2D eigenvalue weighted by atomic mass is 10.0. The van der Waals surface area contributed by atoms with Crippen LogP contribution in [0.2, 0.25) is 0 Å². The van der Waals surface area contributed by atoms with E-state index in [4.69, 9.17) is 0 Å². The SMILES string of the molecule is CCC(=O)CCCN1CCC(C)C1CO. The highest BCUT2D eigenvalue weighted by Gasteiger charge is 2.29. The van der Waals surface area contributed by atoms with Gasteiger partial charge in [-0.25, -0.2) is 0 Å². The van der Waals surface area contributed by atoms with Gasteiger partial charge in [0.2, 0.25) is 0 Å². The van der Waals surface area contributed by atoms with Crippen LogP contribution in [0.3, 0.4) is 0 Å². The van der Waals surface area contributed by atoms with E-state index in [0.717, 1.165) is 19.5 Å². The van der Waals surface area contributed by atoms with Crippen molar-refractivity contribution in [1.82, 2.24) is 4.90 Å². The molecule has 15 heavy (non-hydrogen) atoms. The van der Waals surface area contributed by atoms with E-state index in [1.165, 1.54) is 6.42 Å². The first kappa shape index (κ1) is 12.7. The van der Waals surface area contributed by atoms with Crippen LogP contribution in [0.15, 0.2) is 0 Å². The van der Waals surface area contributed by atoms with Crippen molar-refractivity contribution < 1.29 is 9.90 Å². The lowest BCUT2D eigenvalue weighted by Crippen LogP contribution is -2.35. The summed E-state index contributed by atoms with van der Waals surface area (Å²) in [6, 6.07) is 0.321. The molecule has 1 rings (SSSR count). The van der Waals surface area contributed by atoms with Gasteiger partial charge in [-0.3, -0.25) is 9.69 Å². The highest BCUT2D eigenvalue weighted by Crippen LogP contribution is 2.23. The van der Waals surface area contributed by atoms with Crippen molar-refractivity contribution in [3.8, 4) is 0 Å². The van der Waals surface area contributed by atoms with Crippen LogP contribution in [0.4, 0.5) is 0 Å². The Hall–Kier alpha value is -0.410. The van der Waals surface area contributed by atoms with Gasteiger partial charge in [0.25, 0.3) is 0 Å². The zero-order valence-corrected chi connectivity index (χ0v) is 9.91. The third-order valence-electron chi connectivity index (χ3n) is 3.48. The second-order valence-corrected chi connectivity index (χ2v) is 4.55. The lowest BCUT2D eigenvalue weighted by Gasteiger charge is -2.24. The minimum Gasteiger partial charge on any atom is -0.395 e. The van der Waals surface area contributed by atoms with E-state index in [-0.39, 0.29) is 6.61 Å². The summed E-state index contributed by atoms with van der Waals surface area (Å²) in [5, 5.41) is 9.25. The molecular weight excluding hydrogens is 190 g/mol. The summed E-state index contributed by atoms with van der Waals surface area (Å²) in [7, 11) is 0. The Kier molecular flexibility index (Phi) is 5.26. The van der Waals surface area contributed by atoms with Gasteiger partial charge in [0.05, 0.1) is 6.61 Å². The molecule has 0 saturated carbocycles. The van der Waals surface area contributed by atoms with Gasteiger partial charge in [-0.15, -0.1) is 0 Å². The average molecular weight is 213 g/mol. The number of hydrogen-bond acceptors (Lipinski definition) is 3. The fourth-order valence-corrected chi connectivity index (χ4v) is 2.32. The minimum atomic E-state index is 0.253. The van der Waals surface area contributed by atoms with E-state index in [0.29, 0.717) is 30.6 Å². The van der Waals surface area contributed by atoms with Gasteiger partial charge in [-0.05, 0) is 31.8 Å². The average Bonchev–Trinajstić information content (AvgIpc) is 2.59. The number of ketones is 1. The second kappa shape index (κ2) is 6.23. The van der Waals surface area contributed by atoms with Gasteiger partial charge in [-0.2, -0.15) is 0 Å². The van der Waals surface area contributed by atoms with E-state index in [2.05, 4.69) is 11.8 Å². The van der Waals surface area contributed by atoms with Crippen molar-refractivity contribution >= 4 is 5.78 Å². The van der Waals surface area contributed by atoms with Crippen molar-refractivity contribution in [2.45, 2.75) is 45.6 Å². The summed E-state index contributed by atoms with van der Waals surface area (Å²) in [6.45, 7) is 6.39. The van der Waals surface area contributed by atoms with Crippen LogP contribution >= 0.6 is 0 Å². The van der Waals surface area contributed by atoms with Gasteiger partial charge in [0.1, 0.15) is 5.78 Å². The van der Waals surface area contributed by atoms with E-state index < -0.39 is 0 Å². The largest absolute Gasteiger partial charge is 0.395 e. The Balaban J connectivity index is 2.23. The van der Waals surface area contributed by atoms with Crippen LogP contribution in [0, 0.1) is 5.92 Å². The number of carbonyl (C=O) groups excluding carboxylic acids is 1. The Morgan fingerprint density at radius 1 is 1.53 bits per heavy atom. The van der Waals surface area contributed by atoms with Crippen LogP contribution in [-0.2, 0) is 4.79 Å². The van der Waals surface area contributed by atoms with E-state index in [1.807, 2.05) is 6.92 Å². The highest BCUT2D eigenvalue weighted by molar-refractivity contribution is 5.77. The maximum atomic E-state index is 11.1. The predicted octanol–water partition coefficient (Wildman–Crippen LogP) is 1.45. The molecule has 0 amide bonds. The van der Waals surface area contributed by atoms with Crippen LogP contribution in [0.5, 0.6) is 0 Å². The molecule has 0 bridgehead atoms. The fourth-order valence-electron chi connectivity index (χ4n) is 2.32. The molecule has 1 saturated heterocycles. The smallest absolute Gasteiger partial charge is 0.132 e. The molecule has 0 aromatic heterocycles. The number of rotatable bonds is 6. The normalized spacial score (nSPS) is 27.1. The summed E-state index contributed by atoms with van der Waals surface area (Å²) in [6.07, 6.45) is 3.46. The summed E-state index contributed by atoms with van der Waals surface area (Å²) in [4.78, 5) is 13.5. The summed E-state index contributed by atoms with van der Waals surface area (Å²) in [5.74, 6) is 0.944. The standard InChI is InChI=1S/C12H23NO2/c1-3-11(15)5-4-7-13-8-6-10(2)12(13)9-14/h10,12,14H,3-9H2,1-2H3. The van der Waals surface area contributed by atoms with E-state index >= 15 is 0 Å². The molecule has 88 valence electrons. The molecule has 1 heterocycles. The maximum Gasteiger partial charge on any atom is 0.132 e. The molecular formula is C12H23NO2. The molecule has 1 N–H and O–H groups in total. The van der Waals surface area contributed by atoms with Crippen LogP contribution in [0.1, 0.15) is 39.5 Å². The second-order valence-electron chi connectivity index (χ2n) is 4.55. The van der Waals surface area contributed by atoms with Gasteiger partial charge < -0.3 is 5.11 Å². The first-order valence-electron chi connectivity index (χ1n) is 6.05. The molecule has 0 aromatic carbocycles. The minimum absolute atomic E-state index is 0.253. The Morgan fingerprint density at radius 3 is 2.87 bits per heavy atom. The van der Waals surface area contributed by atoms with Crippen molar-refractivity contribution in [1.29, 1.82) is 0 Å². The predicted molar refractivity (Wildman–Crippen MR) is 60.8 cm³/mol. The molecule has 2 atom stereocenters. The number of aliphatic hydroxyl groups is 1. The molecule has 0 aromatic rings. The molecule has 1 aliphatic heterocycles. The summed E-state index contributed by atoms with van der Waals surface area (Å²) in [5.41, 5.74) is 0. The van der Waals surface area contributed by atoms with E-state index in [1.54, 1.807) is 0 Å². The van der Waals surface area contributed by atoms with Gasteiger partial charge in [0, 0.05) is 18.9 Å². The van der Waals surface area contributed by atoms with Gasteiger partial charge >= 0.3 is 0 Å². The number of aliphatic hydroxyl groups excluding tert-OH is 1. The first-order valence-corrected chi connectivity index (χ1v) is 6.05. The van der Waals surface area contributed by atoms with Crippen LogP contribution in [0.25, 0.3) is 0 Å². The topological polar surface area (TPSA) is 40.5 Å². The zero-order chi connectivity index (χ0) is 11.3. The molecule has 2 unspecified atom stereocenters. The molecule has 0 spiro atoms. The van der Waals surface area contributed by atoms with Gasteiger partial charge in [-0.1, -0.05) is 13.8 Å². The quantitative estimate of drug-likeness (QED) is 0.726. The third-order valence-corrected chi connectivity index (χ3v) is 3.48. The number of hydrogen-bond donors (Lipinski definition) is 1. The van der Waals surface area contributed by atoms with Gasteiger partial charge in [0.15, 0.2) is 0 Å². The van der Waals surface area contributed by atoms with Crippen molar-refractivity contribution in [3.63, 3.8) is 0 Å². The number of likely N-dealkylation sites (tertiary alicyclic amines) is 1. The zero-order valence-electron chi connectivity index (χ0n) is 9.91. The van der Waals surface area contributed by atoms with Crippen LogP contribution in [-0.4, -0.2) is 41.5 Å². The molecule has 1 aliphatic rings. The fraction of sp³-hybridized carbons (Fsp3) is 0.917. The number of nitrogens with zero attached hydrogens (tertiary/aromatic N) is 1. The summed E-state index contributed by atoms with van der Waals surface area (Å²) >= 11 is 0. The Labute approximate surface area is 92.5 Å². The maximum absolute atomic E-state index is 11.1. The molecule has 0 radical (unpaired) electrons. The Morgan fingerprint density at radius 2 is 2.27 bits per heavy atom. The molecule has 0 aliphatic carbocycles. The Bertz CT molecular complexity index is 206. The van der Waals surface area contributed by atoms with Crippen LogP contribution < -0.4 is 0 Å². The molecule has 3 nitrogen and oxygen atoms in total. The monoisotopic (exact) mass is 213 g/mol. The van der Waals surface area contributed by atoms with Crippen molar-refractivity contribution in [3.05, 3.63) is 0 Å². The molecule has 3 heteroatoms. The van der Waals surface area contributed by atoms with E-state index in [9.17, 15) is 9.90 Å².